The van der Waals surface area contributed by atoms with Crippen LogP contribution in [-0.4, -0.2) is 33.7 Å². The van der Waals surface area contributed by atoms with Gasteiger partial charge in [0.1, 0.15) is 17.5 Å². The molecule has 0 spiro atoms. The van der Waals surface area contributed by atoms with Crippen molar-refractivity contribution in [3.63, 3.8) is 0 Å². The highest BCUT2D eigenvalue weighted by Crippen LogP contribution is 2.25. The Bertz CT molecular complexity index is 1760. The van der Waals surface area contributed by atoms with Crippen molar-refractivity contribution in [3.05, 3.63) is 131 Å². The Morgan fingerprint density at radius 3 is 2.09 bits per heavy atom. The third-order valence-electron chi connectivity index (χ3n) is 7.77. The molecule has 0 aliphatic rings. The molecular formula is C35H38N8O. The van der Waals surface area contributed by atoms with E-state index in [4.69, 9.17) is 27.3 Å². The molecule has 0 bridgehead atoms. The van der Waals surface area contributed by atoms with Crippen molar-refractivity contribution >= 4 is 34.3 Å². The summed E-state index contributed by atoms with van der Waals surface area (Å²) in [6.07, 6.45) is 1.91. The number of anilines is 1. The summed E-state index contributed by atoms with van der Waals surface area (Å²) >= 11 is 0. The number of carbonyl (C=O) groups is 1. The molecule has 1 aromatic heterocycles. The van der Waals surface area contributed by atoms with E-state index in [2.05, 4.69) is 9.88 Å². The normalized spacial score (nSPS) is 11.0. The van der Waals surface area contributed by atoms with Gasteiger partial charge in [-0.15, -0.1) is 0 Å². The smallest absolute Gasteiger partial charge is 0.228 e. The fourth-order valence-electron chi connectivity index (χ4n) is 5.19. The molecule has 44 heavy (non-hydrogen) atoms. The van der Waals surface area contributed by atoms with Crippen LogP contribution in [0.2, 0.25) is 0 Å². The van der Waals surface area contributed by atoms with Crippen LogP contribution in [0.1, 0.15) is 40.1 Å². The van der Waals surface area contributed by atoms with Gasteiger partial charge >= 0.3 is 0 Å². The van der Waals surface area contributed by atoms with Crippen LogP contribution in [0, 0.1) is 10.8 Å². The number of nitrogens with two attached hydrogens (primary N) is 2. The molecule has 0 atom stereocenters. The van der Waals surface area contributed by atoms with E-state index >= 15 is 0 Å². The number of carbonyl (C=O) groups excluding carboxylic acids is 1. The van der Waals surface area contributed by atoms with Crippen molar-refractivity contribution in [1.82, 2.24) is 14.9 Å². The molecule has 0 radical (unpaired) electrons. The minimum atomic E-state index is 0.0257. The fourth-order valence-corrected chi connectivity index (χ4v) is 5.19. The second-order valence-corrected chi connectivity index (χ2v) is 10.9. The van der Waals surface area contributed by atoms with Crippen molar-refractivity contribution in [2.75, 3.05) is 11.4 Å². The van der Waals surface area contributed by atoms with Gasteiger partial charge in [-0.2, -0.15) is 0 Å². The number of hydrogen-bond acceptors (Lipinski definition) is 5. The standard InChI is InChI=1S/C35H38N8O/c1-42-31-17-16-29(21-30(31)41-32(42)18-11-24-7-12-27(13-8-24)34(36)37)43(23-26-5-3-2-4-6-26)33(44)19-20-40-22-25-9-14-28(15-10-25)35(38)39/h2-10,12-17,21,40H,11,18-20,22-23H2,1H3,(H3,36,37)(H3,38,39). The topological polar surface area (TPSA) is 150 Å². The minimum absolute atomic E-state index is 0.0257. The van der Waals surface area contributed by atoms with Gasteiger partial charge in [0, 0.05) is 49.8 Å². The lowest BCUT2D eigenvalue weighted by Gasteiger charge is -2.23. The molecule has 224 valence electrons. The van der Waals surface area contributed by atoms with Gasteiger partial charge in [-0.25, -0.2) is 4.98 Å². The Hall–Kier alpha value is -5.28. The number of fused-ring (bicyclic) bond motifs is 1. The van der Waals surface area contributed by atoms with Crippen LogP contribution < -0.4 is 21.7 Å². The van der Waals surface area contributed by atoms with Crippen LogP contribution >= 0.6 is 0 Å². The molecule has 0 unspecified atom stereocenters. The van der Waals surface area contributed by atoms with Crippen LogP contribution in [0.5, 0.6) is 0 Å². The number of nitrogens with one attached hydrogen (secondary N) is 3. The SMILES string of the molecule is Cn1c(CCc2ccc(C(=N)N)cc2)nc2cc(N(Cc3ccccc3)C(=O)CCNCc3ccc(C(=N)N)cc3)ccc21. The molecule has 1 amide bonds. The highest BCUT2D eigenvalue weighted by Gasteiger charge is 2.18. The number of imidazole rings is 1. The molecule has 0 fully saturated rings. The Labute approximate surface area is 257 Å². The number of hydrogen-bond donors (Lipinski definition) is 5. The van der Waals surface area contributed by atoms with Gasteiger partial charge in [0.15, 0.2) is 0 Å². The van der Waals surface area contributed by atoms with Crippen LogP contribution in [0.15, 0.2) is 97.1 Å². The summed E-state index contributed by atoms with van der Waals surface area (Å²) in [6.45, 7) is 1.61. The largest absolute Gasteiger partial charge is 0.384 e. The average Bonchev–Trinajstić information content (AvgIpc) is 3.35. The predicted octanol–water partition coefficient (Wildman–Crippen LogP) is 4.64. The summed E-state index contributed by atoms with van der Waals surface area (Å²) in [6, 6.07) is 31.3. The average molecular weight is 587 g/mol. The predicted molar refractivity (Wildman–Crippen MR) is 177 cm³/mol. The summed E-state index contributed by atoms with van der Waals surface area (Å²) in [5.41, 5.74) is 18.5. The van der Waals surface area contributed by atoms with E-state index in [1.54, 1.807) is 0 Å². The van der Waals surface area contributed by atoms with E-state index in [1.807, 2.05) is 109 Å². The first-order valence-electron chi connectivity index (χ1n) is 14.7. The second kappa shape index (κ2) is 13.8. The lowest BCUT2D eigenvalue weighted by molar-refractivity contribution is -0.118. The Kier molecular flexibility index (Phi) is 9.46. The van der Waals surface area contributed by atoms with E-state index in [1.165, 1.54) is 0 Å². The minimum Gasteiger partial charge on any atom is -0.384 e. The number of aromatic nitrogens is 2. The number of nitrogens with zero attached hydrogens (tertiary/aromatic N) is 3. The van der Waals surface area contributed by atoms with Crippen molar-refractivity contribution < 1.29 is 4.79 Å². The molecular weight excluding hydrogens is 548 g/mol. The van der Waals surface area contributed by atoms with Gasteiger partial charge in [0.25, 0.3) is 0 Å². The highest BCUT2D eigenvalue weighted by molar-refractivity contribution is 5.96. The zero-order chi connectivity index (χ0) is 31.1. The molecule has 5 aromatic rings. The first kappa shape index (κ1) is 30.2. The number of amidine groups is 2. The number of nitrogen functional groups attached to an aromatic ring is 2. The first-order chi connectivity index (χ1) is 21.3. The van der Waals surface area contributed by atoms with Crippen molar-refractivity contribution in [1.29, 1.82) is 10.8 Å². The second-order valence-electron chi connectivity index (χ2n) is 10.9. The summed E-state index contributed by atoms with van der Waals surface area (Å²) in [5.74, 6) is 1.11. The van der Waals surface area contributed by atoms with Gasteiger partial charge in [0.05, 0.1) is 17.6 Å². The Morgan fingerprint density at radius 2 is 1.45 bits per heavy atom. The number of benzene rings is 4. The van der Waals surface area contributed by atoms with Crippen LogP contribution in [-0.2, 0) is 37.8 Å². The molecule has 7 N–H and O–H groups in total. The molecule has 0 saturated carbocycles. The summed E-state index contributed by atoms with van der Waals surface area (Å²) in [5, 5.41) is 18.5. The summed E-state index contributed by atoms with van der Waals surface area (Å²) < 4.78 is 2.11. The van der Waals surface area contributed by atoms with E-state index in [9.17, 15) is 4.79 Å². The lowest BCUT2D eigenvalue weighted by Crippen LogP contribution is -2.32. The van der Waals surface area contributed by atoms with Gasteiger partial charge in [-0.1, -0.05) is 78.9 Å². The molecule has 5 rings (SSSR count). The quantitative estimate of drug-likeness (QED) is 0.0774. The van der Waals surface area contributed by atoms with Gasteiger partial charge in [-0.3, -0.25) is 15.6 Å². The number of rotatable bonds is 13. The Balaban J connectivity index is 1.28. The monoisotopic (exact) mass is 586 g/mol. The van der Waals surface area contributed by atoms with E-state index < -0.39 is 0 Å². The van der Waals surface area contributed by atoms with E-state index in [0.717, 1.165) is 57.6 Å². The summed E-state index contributed by atoms with van der Waals surface area (Å²) in [7, 11) is 2.02. The van der Waals surface area contributed by atoms with Gasteiger partial charge in [0.2, 0.25) is 5.91 Å². The number of aryl methyl sites for hydroxylation is 3. The van der Waals surface area contributed by atoms with Crippen molar-refractivity contribution in [2.24, 2.45) is 18.5 Å². The van der Waals surface area contributed by atoms with Gasteiger partial charge < -0.3 is 26.3 Å². The van der Waals surface area contributed by atoms with Crippen LogP contribution in [0.4, 0.5) is 5.69 Å². The third kappa shape index (κ3) is 7.37. The third-order valence-corrected chi connectivity index (χ3v) is 7.77. The van der Waals surface area contributed by atoms with E-state index in [-0.39, 0.29) is 17.6 Å². The Morgan fingerprint density at radius 1 is 0.818 bits per heavy atom. The fraction of sp³-hybridized carbons (Fsp3) is 0.200. The van der Waals surface area contributed by atoms with Crippen molar-refractivity contribution in [2.45, 2.75) is 32.4 Å². The van der Waals surface area contributed by atoms with Crippen LogP contribution in [0.3, 0.4) is 0 Å². The molecule has 9 nitrogen and oxygen atoms in total. The summed E-state index contributed by atoms with van der Waals surface area (Å²) in [4.78, 5) is 20.4. The lowest BCUT2D eigenvalue weighted by atomic mass is 10.1. The zero-order valence-electron chi connectivity index (χ0n) is 24.9. The maximum Gasteiger partial charge on any atom is 0.228 e. The van der Waals surface area contributed by atoms with Crippen LogP contribution in [0.25, 0.3) is 11.0 Å². The first-order valence-corrected chi connectivity index (χ1v) is 14.7. The maximum absolute atomic E-state index is 13.6. The highest BCUT2D eigenvalue weighted by atomic mass is 16.2. The maximum atomic E-state index is 13.6. The molecule has 0 aliphatic carbocycles. The molecule has 4 aromatic carbocycles. The molecule has 1 heterocycles. The molecule has 0 saturated heterocycles. The molecule has 9 heteroatoms. The molecule has 0 aliphatic heterocycles. The van der Waals surface area contributed by atoms with Crippen molar-refractivity contribution in [3.8, 4) is 0 Å². The number of amides is 1. The zero-order valence-corrected chi connectivity index (χ0v) is 24.9. The van der Waals surface area contributed by atoms with E-state index in [0.29, 0.717) is 31.6 Å². The van der Waals surface area contributed by atoms with Gasteiger partial charge in [-0.05, 0) is 41.3 Å².